The highest BCUT2D eigenvalue weighted by molar-refractivity contribution is 7.91. The molecule has 2 N–H and O–H groups in total. The van der Waals surface area contributed by atoms with Crippen LogP contribution in [0.1, 0.15) is 12.8 Å². The van der Waals surface area contributed by atoms with E-state index in [0.717, 1.165) is 12.8 Å². The van der Waals surface area contributed by atoms with E-state index in [9.17, 15) is 9.35 Å². The van der Waals surface area contributed by atoms with Gasteiger partial charge in [0.1, 0.15) is 34.7 Å². The normalized spacial score (nSPS) is 19.9. The van der Waals surface area contributed by atoms with E-state index in [2.05, 4.69) is 20.0 Å². The third-order valence-electron chi connectivity index (χ3n) is 8.23. The Morgan fingerprint density at radius 2 is 1.91 bits per heavy atom. The minimum Gasteiger partial charge on any atom is -0.616 e. The van der Waals surface area contributed by atoms with E-state index < -0.39 is 11.2 Å². The Kier molecular flexibility index (Phi) is 7.23. The van der Waals surface area contributed by atoms with Crippen LogP contribution in [0, 0.1) is 5.82 Å². The van der Waals surface area contributed by atoms with E-state index >= 15 is 4.39 Å². The Morgan fingerprint density at radius 1 is 1.12 bits per heavy atom. The quantitative estimate of drug-likeness (QED) is 0.271. The highest BCUT2D eigenvalue weighted by atomic mass is 32.2. The average molecular weight is 610 g/mol. The number of aromatic nitrogens is 6. The number of benzene rings is 1. The van der Waals surface area contributed by atoms with Crippen LogP contribution < -0.4 is 21.1 Å². The van der Waals surface area contributed by atoms with Gasteiger partial charge in [0.2, 0.25) is 11.8 Å². The van der Waals surface area contributed by atoms with E-state index in [-0.39, 0.29) is 23.6 Å². The van der Waals surface area contributed by atoms with Gasteiger partial charge in [0.25, 0.3) is 0 Å². The topological polar surface area (TPSA) is 148 Å². The number of fused-ring (bicyclic) bond motifs is 3. The van der Waals surface area contributed by atoms with E-state index in [1.54, 1.807) is 29.8 Å². The molecule has 13 nitrogen and oxygen atoms in total. The lowest BCUT2D eigenvalue weighted by molar-refractivity contribution is 0.189. The van der Waals surface area contributed by atoms with Gasteiger partial charge in [-0.3, -0.25) is 14.0 Å². The maximum Gasteiger partial charge on any atom is 0.330 e. The van der Waals surface area contributed by atoms with Crippen molar-refractivity contribution in [2.45, 2.75) is 25.5 Å². The fourth-order valence-electron chi connectivity index (χ4n) is 5.85. The van der Waals surface area contributed by atoms with Gasteiger partial charge < -0.3 is 24.3 Å². The molecule has 5 aromatic rings. The molecule has 2 aliphatic heterocycles. The van der Waals surface area contributed by atoms with Crippen molar-refractivity contribution in [1.82, 2.24) is 33.6 Å². The van der Waals surface area contributed by atoms with Crippen LogP contribution in [-0.2, 0) is 24.8 Å². The second-order valence-electron chi connectivity index (χ2n) is 10.9. The van der Waals surface area contributed by atoms with Crippen LogP contribution in [0.25, 0.3) is 28.4 Å². The third kappa shape index (κ3) is 5.21. The molecule has 15 heteroatoms. The third-order valence-corrected chi connectivity index (χ3v) is 9.61. The second kappa shape index (κ2) is 11.2. The molecule has 0 saturated carbocycles. The molecule has 0 bridgehead atoms. The first kappa shape index (κ1) is 27.7. The molecule has 2 saturated heterocycles. The number of anilines is 2. The molecular weight excluding hydrogens is 577 g/mol. The Hall–Kier alpha value is -4.08. The lowest BCUT2D eigenvalue weighted by atomic mass is 10.2. The van der Waals surface area contributed by atoms with Crippen LogP contribution >= 0.6 is 0 Å². The summed E-state index contributed by atoms with van der Waals surface area (Å²) in [5, 5.41) is 4.42. The Morgan fingerprint density at radius 3 is 2.63 bits per heavy atom. The largest absolute Gasteiger partial charge is 0.616 e. The zero-order valence-electron chi connectivity index (χ0n) is 23.7. The number of furan rings is 1. The lowest BCUT2D eigenvalue weighted by Gasteiger charge is -2.36. The molecule has 0 atom stereocenters. The minimum atomic E-state index is -0.762. The van der Waals surface area contributed by atoms with Gasteiger partial charge in [-0.1, -0.05) is 11.2 Å². The van der Waals surface area contributed by atoms with E-state index in [1.165, 1.54) is 21.4 Å². The van der Waals surface area contributed by atoms with E-state index in [1.807, 2.05) is 11.0 Å². The average Bonchev–Trinajstić information content (AvgIpc) is 3.74. The van der Waals surface area contributed by atoms with Crippen LogP contribution in [0.5, 0.6) is 5.75 Å². The van der Waals surface area contributed by atoms with Crippen LogP contribution in [0.2, 0.25) is 0 Å². The van der Waals surface area contributed by atoms with Gasteiger partial charge in [-0.25, -0.2) is 14.2 Å². The standard InChI is InChI=1S/C28H32FN9O4S/c1-34-23-25(32-27(30)38-26(23)31-24(33-38)22-3-2-14-41-22)37(28(34)39)13-10-35-8-11-36(12-9-35)21-5-4-19(17-20(21)29)42-18-6-15-43(40)16-7-18/h2-5,14,17-18H,6-13,15-16H2,1H3,(H2,30,32)/t18-,43-. The van der Waals surface area contributed by atoms with E-state index in [0.29, 0.717) is 90.6 Å². The zero-order chi connectivity index (χ0) is 29.7. The number of aryl methyl sites for hydroxylation is 1. The number of piperazine rings is 1. The number of halogens is 1. The first-order valence-corrected chi connectivity index (χ1v) is 15.8. The lowest BCUT2D eigenvalue weighted by Crippen LogP contribution is -2.47. The first-order valence-electron chi connectivity index (χ1n) is 14.3. The van der Waals surface area contributed by atoms with Crippen LogP contribution in [0.15, 0.2) is 45.8 Å². The minimum absolute atomic E-state index is 0.0195. The van der Waals surface area contributed by atoms with Crippen LogP contribution in [0.3, 0.4) is 0 Å². The van der Waals surface area contributed by atoms with Crippen molar-refractivity contribution in [3.05, 3.63) is 52.9 Å². The van der Waals surface area contributed by atoms with Crippen LogP contribution in [-0.4, -0.2) is 88.5 Å². The summed E-state index contributed by atoms with van der Waals surface area (Å²) in [5.41, 5.74) is 7.97. The zero-order valence-corrected chi connectivity index (χ0v) is 24.5. The van der Waals surface area contributed by atoms with Gasteiger partial charge in [0.15, 0.2) is 17.1 Å². The van der Waals surface area contributed by atoms with Gasteiger partial charge in [0, 0.05) is 65.2 Å². The van der Waals surface area contributed by atoms with Crippen molar-refractivity contribution >= 4 is 39.6 Å². The molecule has 2 fully saturated rings. The van der Waals surface area contributed by atoms with Gasteiger partial charge in [-0.15, -0.1) is 5.10 Å². The predicted octanol–water partition coefficient (Wildman–Crippen LogP) is 1.87. The maximum absolute atomic E-state index is 15.1. The molecule has 0 unspecified atom stereocenters. The first-order chi connectivity index (χ1) is 20.9. The molecule has 226 valence electrons. The molecular formula is C28H32FN9O4S. The SMILES string of the molecule is Cn1c(=O)n(CCN2CCN(c3ccc(O[C@H]4CC[S@+]([O-])CC4)cc3F)CC2)c2nc(N)n3nc(-c4ccco4)nc3c21. The van der Waals surface area contributed by atoms with E-state index in [4.69, 9.17) is 14.9 Å². The molecule has 2 aliphatic rings. The molecule has 0 radical (unpaired) electrons. The summed E-state index contributed by atoms with van der Waals surface area (Å²) in [5.74, 6) is 2.42. The molecule has 0 spiro atoms. The van der Waals surface area contributed by atoms with Crippen molar-refractivity contribution in [2.75, 3.05) is 54.9 Å². The molecule has 7 rings (SSSR count). The summed E-state index contributed by atoms with van der Waals surface area (Å²) in [4.78, 5) is 26.7. The molecule has 0 amide bonds. The number of rotatable bonds is 7. The summed E-state index contributed by atoms with van der Waals surface area (Å²) in [6, 6.07) is 8.53. The number of nitrogens with two attached hydrogens (primary N) is 1. The van der Waals surface area contributed by atoms with Gasteiger partial charge >= 0.3 is 5.69 Å². The molecule has 43 heavy (non-hydrogen) atoms. The van der Waals surface area contributed by atoms with Crippen molar-refractivity contribution in [1.29, 1.82) is 0 Å². The summed E-state index contributed by atoms with van der Waals surface area (Å²) in [7, 11) is 1.68. The second-order valence-corrected chi connectivity index (χ2v) is 12.6. The smallest absolute Gasteiger partial charge is 0.330 e. The van der Waals surface area contributed by atoms with Gasteiger partial charge in [0.05, 0.1) is 12.0 Å². The molecule has 1 aromatic carbocycles. The Bertz CT molecular complexity index is 1820. The summed E-state index contributed by atoms with van der Waals surface area (Å²) in [6.45, 7) is 3.76. The van der Waals surface area contributed by atoms with Crippen LogP contribution in [0.4, 0.5) is 16.0 Å². The van der Waals surface area contributed by atoms with Crippen molar-refractivity contribution in [2.24, 2.45) is 7.05 Å². The van der Waals surface area contributed by atoms with Crippen molar-refractivity contribution in [3.8, 4) is 17.3 Å². The predicted molar refractivity (Wildman–Crippen MR) is 160 cm³/mol. The Labute approximate surface area is 248 Å². The maximum atomic E-state index is 15.1. The number of ether oxygens (including phenoxy) is 1. The molecule has 6 heterocycles. The van der Waals surface area contributed by atoms with Crippen molar-refractivity contribution in [3.63, 3.8) is 0 Å². The van der Waals surface area contributed by atoms with Crippen molar-refractivity contribution < 1.29 is 18.1 Å². The fourth-order valence-corrected chi connectivity index (χ4v) is 7.11. The summed E-state index contributed by atoms with van der Waals surface area (Å²) >= 11 is -0.762. The Balaban J connectivity index is 1.02. The highest BCUT2D eigenvalue weighted by Crippen LogP contribution is 2.28. The number of imidazole rings is 1. The molecule has 4 aromatic heterocycles. The number of hydrogen-bond donors (Lipinski definition) is 1. The summed E-state index contributed by atoms with van der Waals surface area (Å²) < 4.78 is 42.6. The fraction of sp³-hybridized carbons (Fsp3) is 0.429. The van der Waals surface area contributed by atoms with Gasteiger partial charge in [-0.2, -0.15) is 9.50 Å². The highest BCUT2D eigenvalue weighted by Gasteiger charge is 2.26. The monoisotopic (exact) mass is 609 g/mol. The molecule has 0 aliphatic carbocycles. The number of hydrogen-bond acceptors (Lipinski definition) is 10. The number of nitrogen functional groups attached to an aromatic ring is 1. The number of nitrogens with zero attached hydrogens (tertiary/aromatic N) is 8. The summed E-state index contributed by atoms with van der Waals surface area (Å²) in [6.07, 6.45) is 2.97. The van der Waals surface area contributed by atoms with Gasteiger partial charge in [-0.05, 0) is 24.3 Å².